The molecule has 0 saturated carbocycles. The van der Waals surface area contributed by atoms with E-state index in [1.165, 1.54) is 16.7 Å². The van der Waals surface area contributed by atoms with E-state index in [0.717, 1.165) is 46.9 Å². The van der Waals surface area contributed by atoms with Crippen LogP contribution in [0.4, 0.5) is 0 Å². The number of ether oxygens (including phenoxy) is 4. The molecule has 0 saturated heterocycles. The highest BCUT2D eigenvalue weighted by Gasteiger charge is 2.39. The van der Waals surface area contributed by atoms with Crippen LogP contribution in [0.15, 0.2) is 30.3 Å². The Bertz CT molecular complexity index is 822. The van der Waals surface area contributed by atoms with Gasteiger partial charge in [0, 0.05) is 12.8 Å². The zero-order valence-corrected chi connectivity index (χ0v) is 19.7. The number of rotatable bonds is 6. The van der Waals surface area contributed by atoms with Crippen molar-refractivity contribution in [3.8, 4) is 23.0 Å². The fourth-order valence-electron chi connectivity index (χ4n) is 4.07. The smallest absolute Gasteiger partial charge is 0.170 e. The van der Waals surface area contributed by atoms with E-state index in [9.17, 15) is 0 Å². The Morgan fingerprint density at radius 3 is 2.11 bits per heavy atom. The van der Waals surface area contributed by atoms with Crippen molar-refractivity contribution in [1.29, 1.82) is 0 Å². The molecule has 0 aromatic heterocycles. The molecule has 154 valence electrons. The molecule has 0 fully saturated rings. The molecule has 1 aliphatic rings. The number of likely N-dealkylation sites (N-methyl/N-ethyl adjacent to an activating group) is 1. The third-order valence-corrected chi connectivity index (χ3v) is 5.69. The van der Waals surface area contributed by atoms with Crippen LogP contribution in [0.25, 0.3) is 0 Å². The molecule has 0 N–H and O–H groups in total. The van der Waals surface area contributed by atoms with Crippen molar-refractivity contribution in [2.24, 2.45) is 0 Å². The van der Waals surface area contributed by atoms with Gasteiger partial charge in [-0.15, -0.1) is 0 Å². The molecular formula is C22H30INO4. The first-order chi connectivity index (χ1) is 12.9. The van der Waals surface area contributed by atoms with Crippen LogP contribution in [-0.4, -0.2) is 53.6 Å². The largest absolute Gasteiger partial charge is 1.00 e. The molecule has 2 aromatic rings. The molecule has 0 radical (unpaired) electrons. The predicted molar refractivity (Wildman–Crippen MR) is 106 cm³/mol. The number of quaternary nitrogens is 1. The maximum atomic E-state index is 5.80. The van der Waals surface area contributed by atoms with Crippen molar-refractivity contribution >= 4 is 0 Å². The highest BCUT2D eigenvalue weighted by molar-refractivity contribution is 5.53. The van der Waals surface area contributed by atoms with Gasteiger partial charge in [-0.05, 0) is 29.3 Å². The molecule has 1 atom stereocenters. The van der Waals surface area contributed by atoms with Crippen molar-refractivity contribution in [3.05, 3.63) is 47.0 Å². The second-order valence-corrected chi connectivity index (χ2v) is 7.54. The standard InChI is InChI=1S/C22H30NO4.HI/c1-23(2)12-11-16-8-10-19(25-4)22(27-6)21(16)17(23)13-15-7-9-18(24-3)20(14-15)26-5;/h7-10,14,17H,11-13H2,1-6H3;1H/q+1;/p-1. The molecule has 1 heterocycles. The van der Waals surface area contributed by atoms with Crippen molar-refractivity contribution in [3.63, 3.8) is 0 Å². The molecule has 1 aliphatic heterocycles. The van der Waals surface area contributed by atoms with Crippen molar-refractivity contribution in [1.82, 2.24) is 0 Å². The van der Waals surface area contributed by atoms with Crippen molar-refractivity contribution in [2.45, 2.75) is 18.9 Å². The summed E-state index contributed by atoms with van der Waals surface area (Å²) in [5.41, 5.74) is 3.81. The Labute approximate surface area is 185 Å². The average molecular weight is 499 g/mol. The molecule has 0 aliphatic carbocycles. The summed E-state index contributed by atoms with van der Waals surface area (Å²) in [4.78, 5) is 0. The quantitative estimate of drug-likeness (QED) is 0.432. The number of hydrogen-bond donors (Lipinski definition) is 0. The lowest BCUT2D eigenvalue weighted by Crippen LogP contribution is -3.00. The summed E-state index contributed by atoms with van der Waals surface area (Å²) in [6.07, 6.45) is 1.91. The molecule has 3 rings (SSSR count). The topological polar surface area (TPSA) is 36.9 Å². The summed E-state index contributed by atoms with van der Waals surface area (Å²) >= 11 is 0. The summed E-state index contributed by atoms with van der Waals surface area (Å²) in [6.45, 7) is 1.08. The van der Waals surface area contributed by atoms with Gasteiger partial charge in [0.05, 0.1) is 54.6 Å². The van der Waals surface area contributed by atoms with E-state index in [1.54, 1.807) is 28.4 Å². The Morgan fingerprint density at radius 2 is 1.50 bits per heavy atom. The molecule has 2 aromatic carbocycles. The van der Waals surface area contributed by atoms with Crippen LogP contribution < -0.4 is 42.9 Å². The monoisotopic (exact) mass is 499 g/mol. The lowest BCUT2D eigenvalue weighted by Gasteiger charge is -2.43. The van der Waals surface area contributed by atoms with Crippen LogP contribution in [0.5, 0.6) is 23.0 Å². The second-order valence-electron chi connectivity index (χ2n) is 7.54. The van der Waals surface area contributed by atoms with Gasteiger partial charge in [-0.3, -0.25) is 0 Å². The summed E-state index contributed by atoms with van der Waals surface area (Å²) in [5.74, 6) is 3.15. The number of fused-ring (bicyclic) bond motifs is 1. The molecule has 1 unspecified atom stereocenters. The van der Waals surface area contributed by atoms with E-state index < -0.39 is 0 Å². The van der Waals surface area contributed by atoms with Crippen LogP contribution in [0.3, 0.4) is 0 Å². The maximum Gasteiger partial charge on any atom is 0.170 e. The third kappa shape index (κ3) is 4.17. The predicted octanol–water partition coefficient (Wildman–Crippen LogP) is 0.641. The zero-order valence-electron chi connectivity index (χ0n) is 17.5. The number of methoxy groups -OCH3 is 4. The van der Waals surface area contributed by atoms with Gasteiger partial charge in [0.25, 0.3) is 0 Å². The molecule has 6 heteroatoms. The van der Waals surface area contributed by atoms with E-state index in [2.05, 4.69) is 32.3 Å². The minimum atomic E-state index is 0. The Morgan fingerprint density at radius 1 is 0.857 bits per heavy atom. The van der Waals surface area contributed by atoms with Gasteiger partial charge in [0.1, 0.15) is 6.04 Å². The maximum absolute atomic E-state index is 5.80. The van der Waals surface area contributed by atoms with Gasteiger partial charge in [0.2, 0.25) is 0 Å². The van der Waals surface area contributed by atoms with Gasteiger partial charge in [0.15, 0.2) is 23.0 Å². The van der Waals surface area contributed by atoms with Crippen LogP contribution in [0.2, 0.25) is 0 Å². The van der Waals surface area contributed by atoms with E-state index in [4.69, 9.17) is 18.9 Å². The first-order valence-corrected chi connectivity index (χ1v) is 9.22. The molecular weight excluding hydrogens is 469 g/mol. The van der Waals surface area contributed by atoms with Crippen LogP contribution in [-0.2, 0) is 12.8 Å². The number of nitrogens with zero attached hydrogens (tertiary/aromatic N) is 1. The minimum absolute atomic E-state index is 0. The third-order valence-electron chi connectivity index (χ3n) is 5.69. The van der Waals surface area contributed by atoms with Crippen molar-refractivity contribution < 1.29 is 47.4 Å². The number of halogens is 1. The van der Waals surface area contributed by atoms with E-state index in [-0.39, 0.29) is 30.0 Å². The van der Waals surface area contributed by atoms with Gasteiger partial charge in [-0.1, -0.05) is 12.1 Å². The van der Waals surface area contributed by atoms with Crippen LogP contribution in [0.1, 0.15) is 22.7 Å². The second kappa shape index (κ2) is 9.22. The zero-order chi connectivity index (χ0) is 19.6. The summed E-state index contributed by atoms with van der Waals surface area (Å²) < 4.78 is 23.1. The lowest BCUT2D eigenvalue weighted by molar-refractivity contribution is -0.923. The molecule has 0 bridgehead atoms. The SMILES string of the molecule is COc1ccc(CC2c3c(ccc(OC)c3OC)CC[N+]2(C)C)cc1OC.[I-]. The van der Waals surface area contributed by atoms with E-state index in [1.807, 2.05) is 12.1 Å². The number of benzene rings is 2. The van der Waals surface area contributed by atoms with Gasteiger partial charge in [-0.25, -0.2) is 0 Å². The Kier molecular flexibility index (Phi) is 7.45. The van der Waals surface area contributed by atoms with Gasteiger partial charge >= 0.3 is 0 Å². The molecule has 5 nitrogen and oxygen atoms in total. The molecule has 0 spiro atoms. The molecule has 0 amide bonds. The summed E-state index contributed by atoms with van der Waals surface area (Å²) in [6, 6.07) is 10.6. The van der Waals surface area contributed by atoms with E-state index in [0.29, 0.717) is 0 Å². The van der Waals surface area contributed by atoms with Crippen LogP contribution in [0, 0.1) is 0 Å². The van der Waals surface area contributed by atoms with Crippen molar-refractivity contribution in [2.75, 3.05) is 49.1 Å². The summed E-state index contributed by atoms with van der Waals surface area (Å²) in [7, 11) is 11.3. The van der Waals surface area contributed by atoms with Gasteiger partial charge in [-0.2, -0.15) is 0 Å². The van der Waals surface area contributed by atoms with Gasteiger partial charge < -0.3 is 47.4 Å². The number of hydrogen-bond acceptors (Lipinski definition) is 4. The highest BCUT2D eigenvalue weighted by atomic mass is 127. The minimum Gasteiger partial charge on any atom is -1.00 e. The lowest BCUT2D eigenvalue weighted by atomic mass is 9.86. The van der Waals surface area contributed by atoms with Crippen LogP contribution >= 0.6 is 0 Å². The summed E-state index contributed by atoms with van der Waals surface area (Å²) in [5, 5.41) is 0. The first kappa shape index (κ1) is 22.6. The fourth-order valence-corrected chi connectivity index (χ4v) is 4.07. The highest BCUT2D eigenvalue weighted by Crippen LogP contribution is 2.45. The fraction of sp³-hybridized carbons (Fsp3) is 0.455. The first-order valence-electron chi connectivity index (χ1n) is 9.22. The molecule has 28 heavy (non-hydrogen) atoms. The Balaban J connectivity index is 0.00000280. The Hall–Kier alpha value is -1.67. The normalized spacial score (nSPS) is 17.1. The van der Waals surface area contributed by atoms with E-state index >= 15 is 0 Å². The average Bonchev–Trinajstić information content (AvgIpc) is 2.68.